The minimum Gasteiger partial charge on any atom is -0.298 e. The molecule has 0 radical (unpaired) electrons. The van der Waals surface area contributed by atoms with E-state index in [-0.39, 0.29) is 11.1 Å². The number of nitrogens with zero attached hydrogens (tertiary/aromatic N) is 1. The number of amides is 1. The minimum absolute atomic E-state index is 0.148. The van der Waals surface area contributed by atoms with E-state index in [0.29, 0.717) is 6.29 Å². The molecule has 4 nitrogen and oxygen atoms in total. The molecule has 0 unspecified atom stereocenters. The Labute approximate surface area is 86.2 Å². The number of halogens is 1. The summed E-state index contributed by atoms with van der Waals surface area (Å²) in [6.45, 7) is 0. The van der Waals surface area contributed by atoms with E-state index in [2.05, 4.69) is 4.84 Å². The molecular weight excluding hydrogens is 201 g/mol. The van der Waals surface area contributed by atoms with Crippen molar-refractivity contribution in [2.75, 3.05) is 14.2 Å². The van der Waals surface area contributed by atoms with Crippen LogP contribution in [0.5, 0.6) is 0 Å². The Morgan fingerprint density at radius 1 is 1.53 bits per heavy atom. The number of hydrogen-bond donors (Lipinski definition) is 0. The third-order valence-electron chi connectivity index (χ3n) is 1.93. The molecule has 1 aromatic carbocycles. The van der Waals surface area contributed by atoms with Gasteiger partial charge in [-0.05, 0) is 18.2 Å². The average Bonchev–Trinajstić information content (AvgIpc) is 2.27. The molecule has 0 bridgehead atoms. The maximum absolute atomic E-state index is 12.9. The smallest absolute Gasteiger partial charge is 0.277 e. The van der Waals surface area contributed by atoms with Gasteiger partial charge in [0.15, 0.2) is 6.29 Å². The second kappa shape index (κ2) is 4.65. The Kier molecular flexibility index (Phi) is 3.51. The van der Waals surface area contributed by atoms with E-state index in [4.69, 9.17) is 0 Å². The molecule has 0 aliphatic heterocycles. The van der Waals surface area contributed by atoms with Crippen molar-refractivity contribution in [3.63, 3.8) is 0 Å². The molecule has 5 heteroatoms. The maximum Gasteiger partial charge on any atom is 0.277 e. The highest BCUT2D eigenvalue weighted by atomic mass is 19.1. The molecule has 0 heterocycles. The van der Waals surface area contributed by atoms with Crippen molar-refractivity contribution in [2.45, 2.75) is 0 Å². The lowest BCUT2D eigenvalue weighted by Gasteiger charge is -2.13. The number of rotatable bonds is 3. The summed E-state index contributed by atoms with van der Waals surface area (Å²) in [5.74, 6) is -1.10. The van der Waals surface area contributed by atoms with Crippen molar-refractivity contribution in [2.24, 2.45) is 0 Å². The van der Waals surface area contributed by atoms with Gasteiger partial charge in [0.05, 0.1) is 12.7 Å². The van der Waals surface area contributed by atoms with Gasteiger partial charge in [-0.2, -0.15) is 0 Å². The number of benzene rings is 1. The Hall–Kier alpha value is -1.75. The fourth-order valence-corrected chi connectivity index (χ4v) is 1.03. The Bertz CT molecular complexity index is 392. The summed E-state index contributed by atoms with van der Waals surface area (Å²) in [7, 11) is 2.76. The van der Waals surface area contributed by atoms with Crippen molar-refractivity contribution in [1.29, 1.82) is 0 Å². The summed E-state index contributed by atoms with van der Waals surface area (Å²) in [5, 5.41) is 0.988. The van der Waals surface area contributed by atoms with Crippen molar-refractivity contribution < 1.29 is 18.8 Å². The summed E-state index contributed by atoms with van der Waals surface area (Å²) in [6, 6.07) is 3.54. The van der Waals surface area contributed by atoms with Crippen LogP contribution < -0.4 is 0 Å². The molecule has 1 rings (SSSR count). The highest BCUT2D eigenvalue weighted by Gasteiger charge is 2.13. The molecule has 1 amide bonds. The lowest BCUT2D eigenvalue weighted by molar-refractivity contribution is -0.0757. The molecule has 0 aromatic heterocycles. The fraction of sp³-hybridized carbons (Fsp3) is 0.200. The fourth-order valence-electron chi connectivity index (χ4n) is 1.03. The zero-order chi connectivity index (χ0) is 11.4. The Morgan fingerprint density at radius 2 is 2.20 bits per heavy atom. The number of carbonyl (C=O) groups excluding carboxylic acids is 2. The van der Waals surface area contributed by atoms with Crippen LogP contribution in [-0.4, -0.2) is 31.4 Å². The zero-order valence-electron chi connectivity index (χ0n) is 8.36. The lowest BCUT2D eigenvalue weighted by Crippen LogP contribution is -2.25. The summed E-state index contributed by atoms with van der Waals surface area (Å²) < 4.78 is 12.9. The molecule has 0 saturated carbocycles. The Balaban J connectivity index is 3.06. The summed E-state index contributed by atoms with van der Waals surface area (Å²) in [6.07, 6.45) is 0.360. The van der Waals surface area contributed by atoms with Gasteiger partial charge in [-0.25, -0.2) is 9.45 Å². The Morgan fingerprint density at radius 3 is 2.73 bits per heavy atom. The second-order valence-electron chi connectivity index (χ2n) is 2.84. The van der Waals surface area contributed by atoms with Gasteiger partial charge in [0.2, 0.25) is 0 Å². The quantitative estimate of drug-likeness (QED) is 0.558. The van der Waals surface area contributed by atoms with E-state index in [1.165, 1.54) is 26.3 Å². The second-order valence-corrected chi connectivity index (χ2v) is 2.84. The topological polar surface area (TPSA) is 46.6 Å². The number of carbonyl (C=O) groups is 2. The van der Waals surface area contributed by atoms with Crippen LogP contribution in [0.25, 0.3) is 0 Å². The first kappa shape index (κ1) is 11.3. The predicted octanol–water partition coefficient (Wildman–Crippen LogP) is 1.27. The first-order valence-corrected chi connectivity index (χ1v) is 4.17. The van der Waals surface area contributed by atoms with Gasteiger partial charge in [-0.15, -0.1) is 0 Å². The van der Waals surface area contributed by atoms with Crippen LogP contribution in [-0.2, 0) is 4.84 Å². The normalized spacial score (nSPS) is 9.80. The standard InChI is InChI=1S/C10H10FNO3/c1-12(15-2)10(14)7-3-4-9(11)8(5-7)6-13/h3-6H,1-2H3. The van der Waals surface area contributed by atoms with E-state index >= 15 is 0 Å². The van der Waals surface area contributed by atoms with Gasteiger partial charge in [0, 0.05) is 12.6 Å². The SMILES string of the molecule is CON(C)C(=O)c1ccc(F)c(C=O)c1. The molecule has 0 aliphatic carbocycles. The van der Waals surface area contributed by atoms with Crippen LogP contribution in [0.1, 0.15) is 20.7 Å². The van der Waals surface area contributed by atoms with Crippen molar-refractivity contribution in [3.8, 4) is 0 Å². The average molecular weight is 211 g/mol. The number of hydrogen-bond acceptors (Lipinski definition) is 3. The molecule has 0 fully saturated rings. The van der Waals surface area contributed by atoms with Crippen LogP contribution in [0.3, 0.4) is 0 Å². The first-order valence-electron chi connectivity index (χ1n) is 4.17. The third-order valence-corrected chi connectivity index (χ3v) is 1.93. The van der Waals surface area contributed by atoms with Gasteiger partial charge >= 0.3 is 0 Å². The highest BCUT2D eigenvalue weighted by molar-refractivity contribution is 5.95. The van der Waals surface area contributed by atoms with Crippen LogP contribution in [0.15, 0.2) is 18.2 Å². The van der Waals surface area contributed by atoms with Crippen LogP contribution in [0, 0.1) is 5.82 Å². The van der Waals surface area contributed by atoms with Crippen LogP contribution in [0.2, 0.25) is 0 Å². The predicted molar refractivity (Wildman–Crippen MR) is 50.9 cm³/mol. The van der Waals surface area contributed by atoms with Crippen molar-refractivity contribution in [1.82, 2.24) is 5.06 Å². The van der Waals surface area contributed by atoms with Crippen LogP contribution >= 0.6 is 0 Å². The van der Waals surface area contributed by atoms with Gasteiger partial charge < -0.3 is 0 Å². The lowest BCUT2D eigenvalue weighted by atomic mass is 10.1. The van der Waals surface area contributed by atoms with E-state index in [1.807, 2.05) is 0 Å². The van der Waals surface area contributed by atoms with Gasteiger partial charge in [-0.3, -0.25) is 14.4 Å². The van der Waals surface area contributed by atoms with Crippen molar-refractivity contribution in [3.05, 3.63) is 35.1 Å². The third kappa shape index (κ3) is 2.38. The highest BCUT2D eigenvalue weighted by Crippen LogP contribution is 2.10. The molecule has 0 N–H and O–H groups in total. The van der Waals surface area contributed by atoms with E-state index in [1.54, 1.807) is 0 Å². The molecule has 0 aliphatic rings. The molecule has 0 saturated heterocycles. The number of aldehydes is 1. The maximum atomic E-state index is 12.9. The molecule has 80 valence electrons. The van der Waals surface area contributed by atoms with E-state index in [9.17, 15) is 14.0 Å². The van der Waals surface area contributed by atoms with E-state index < -0.39 is 11.7 Å². The molecule has 0 spiro atoms. The van der Waals surface area contributed by atoms with Gasteiger partial charge in [-0.1, -0.05) is 0 Å². The monoisotopic (exact) mass is 211 g/mol. The van der Waals surface area contributed by atoms with Gasteiger partial charge in [0.1, 0.15) is 5.82 Å². The minimum atomic E-state index is -0.651. The molecule has 1 aromatic rings. The first-order chi connectivity index (χ1) is 7.10. The number of hydroxylamine groups is 2. The van der Waals surface area contributed by atoms with Gasteiger partial charge in [0.25, 0.3) is 5.91 Å². The van der Waals surface area contributed by atoms with E-state index in [0.717, 1.165) is 11.1 Å². The zero-order valence-corrected chi connectivity index (χ0v) is 8.36. The molecule has 15 heavy (non-hydrogen) atoms. The van der Waals surface area contributed by atoms with Crippen molar-refractivity contribution >= 4 is 12.2 Å². The largest absolute Gasteiger partial charge is 0.298 e. The summed E-state index contributed by atoms with van der Waals surface area (Å²) >= 11 is 0. The van der Waals surface area contributed by atoms with Crippen LogP contribution in [0.4, 0.5) is 4.39 Å². The summed E-state index contributed by atoms with van der Waals surface area (Å²) in [4.78, 5) is 26.6. The molecular formula is C10H10FNO3. The molecule has 0 atom stereocenters. The summed E-state index contributed by atoms with van der Waals surface area (Å²) in [5.41, 5.74) is 0.0493.